The Labute approximate surface area is 183 Å². The first-order valence-corrected chi connectivity index (χ1v) is 12.6. The van der Waals surface area contributed by atoms with Crippen LogP contribution in [0.1, 0.15) is 85.5 Å². The Hall–Kier alpha value is -0.800. The van der Waals surface area contributed by atoms with Gasteiger partial charge in [-0.1, -0.05) is 32.4 Å². The summed E-state index contributed by atoms with van der Waals surface area (Å²) in [5.74, 6) is 4.52. The monoisotopic (exact) mass is 414 g/mol. The first-order valence-electron chi connectivity index (χ1n) is 12.6. The summed E-state index contributed by atoms with van der Waals surface area (Å²) in [6, 6.07) is 0. The van der Waals surface area contributed by atoms with Crippen LogP contribution in [-0.4, -0.2) is 29.0 Å². The predicted molar refractivity (Wildman–Crippen MR) is 120 cm³/mol. The molecule has 5 rings (SSSR count). The molecule has 2 unspecified atom stereocenters. The van der Waals surface area contributed by atoms with E-state index in [2.05, 4.69) is 33.8 Å². The van der Waals surface area contributed by atoms with Crippen LogP contribution < -0.4 is 0 Å². The van der Waals surface area contributed by atoms with Crippen LogP contribution in [0.4, 0.5) is 0 Å². The minimum atomic E-state index is -0.117. The molecule has 0 aromatic carbocycles. The third kappa shape index (κ3) is 2.98. The fraction of sp³-hybridized carbons (Fsp3) is 0.852. The quantitative estimate of drug-likeness (QED) is 0.587. The summed E-state index contributed by atoms with van der Waals surface area (Å²) in [5, 5.41) is 19.6. The van der Waals surface area contributed by atoms with Crippen molar-refractivity contribution in [3.8, 4) is 0 Å². The Morgan fingerprint density at radius 1 is 1.20 bits per heavy atom. The number of hydrogen-bond donors (Lipinski definition) is 2. The molecule has 0 radical (unpaired) electrons. The maximum Gasteiger partial charge on any atom is 0.106 e. The van der Waals surface area contributed by atoms with Gasteiger partial charge in [0.1, 0.15) is 6.10 Å². The second-order valence-electron chi connectivity index (χ2n) is 12.0. The summed E-state index contributed by atoms with van der Waals surface area (Å²) in [6.07, 6.45) is 13.0. The summed E-state index contributed by atoms with van der Waals surface area (Å²) < 4.78 is 6.62. The van der Waals surface area contributed by atoms with Gasteiger partial charge in [0, 0.05) is 18.9 Å². The molecule has 0 bridgehead atoms. The minimum Gasteiger partial charge on any atom is -0.494 e. The molecule has 1 aliphatic heterocycles. The summed E-state index contributed by atoms with van der Waals surface area (Å²) >= 11 is 0. The number of ether oxygens (including phenoxy) is 1. The highest BCUT2D eigenvalue weighted by Crippen LogP contribution is 2.68. The Balaban J connectivity index is 1.38. The maximum atomic E-state index is 10.2. The van der Waals surface area contributed by atoms with Crippen LogP contribution in [0.5, 0.6) is 0 Å². The lowest BCUT2D eigenvalue weighted by Gasteiger charge is -2.57. The zero-order valence-electron chi connectivity index (χ0n) is 19.5. The van der Waals surface area contributed by atoms with Crippen molar-refractivity contribution in [3.05, 3.63) is 23.0 Å². The number of allylic oxidation sites excluding steroid dienone is 2. The van der Waals surface area contributed by atoms with Crippen molar-refractivity contribution in [2.75, 3.05) is 6.61 Å². The van der Waals surface area contributed by atoms with Crippen LogP contribution >= 0.6 is 0 Å². The highest BCUT2D eigenvalue weighted by atomic mass is 16.5. The summed E-state index contributed by atoms with van der Waals surface area (Å²) in [7, 11) is 0. The van der Waals surface area contributed by atoms with E-state index in [1.807, 2.05) is 0 Å². The lowest BCUT2D eigenvalue weighted by atomic mass is 9.47. The van der Waals surface area contributed by atoms with Gasteiger partial charge in [-0.05, 0) is 98.4 Å². The van der Waals surface area contributed by atoms with Crippen LogP contribution in [0.15, 0.2) is 23.0 Å². The van der Waals surface area contributed by atoms with Gasteiger partial charge in [-0.25, -0.2) is 0 Å². The standard InChI is InChI=1S/C27H42O3/c1-16(15-28)5-8-23-17(2)25-24(30-23)14-22-20-7-6-18-13-19(29)9-11-26(18,3)21(20)10-12-27(22,25)4/h6,16,19-22,24-25,28-29H,5,7-15H2,1-4H3/t16-,19+,20+,21?,22?,24-,25-,26-,27-/m0/s1. The average Bonchev–Trinajstić information content (AvgIpc) is 3.20. The van der Waals surface area contributed by atoms with Crippen LogP contribution in [0, 0.1) is 40.4 Å². The zero-order valence-corrected chi connectivity index (χ0v) is 19.5. The second-order valence-corrected chi connectivity index (χ2v) is 12.0. The van der Waals surface area contributed by atoms with Crippen molar-refractivity contribution in [3.63, 3.8) is 0 Å². The van der Waals surface area contributed by atoms with Gasteiger partial charge in [0.25, 0.3) is 0 Å². The van der Waals surface area contributed by atoms with E-state index >= 15 is 0 Å². The molecule has 3 saturated carbocycles. The Morgan fingerprint density at radius 3 is 2.77 bits per heavy atom. The number of aliphatic hydroxyl groups excluding tert-OH is 2. The van der Waals surface area contributed by atoms with Crippen LogP contribution in [0.3, 0.4) is 0 Å². The molecule has 3 heteroatoms. The van der Waals surface area contributed by atoms with Crippen LogP contribution in [0.25, 0.3) is 0 Å². The zero-order chi connectivity index (χ0) is 21.3. The van der Waals surface area contributed by atoms with Crippen molar-refractivity contribution in [2.45, 2.75) is 97.7 Å². The van der Waals surface area contributed by atoms with E-state index in [0.717, 1.165) is 43.4 Å². The van der Waals surface area contributed by atoms with E-state index in [-0.39, 0.29) is 12.7 Å². The molecule has 3 fully saturated rings. The van der Waals surface area contributed by atoms with Gasteiger partial charge in [-0.15, -0.1) is 0 Å². The SMILES string of the molecule is CC1=C(CC[C@H](C)CO)O[C@H]2CC3[C@@H]4CC=C5C[C@H](O)CC[C@]5(C)C4CC[C@]3(C)[C@@H]12. The van der Waals surface area contributed by atoms with E-state index in [9.17, 15) is 10.2 Å². The molecule has 5 aliphatic rings. The van der Waals surface area contributed by atoms with E-state index in [1.54, 1.807) is 5.57 Å². The average molecular weight is 415 g/mol. The lowest BCUT2D eigenvalue weighted by Crippen LogP contribution is -2.50. The number of aliphatic hydroxyl groups is 2. The Kier molecular flexibility index (Phi) is 5.18. The molecule has 4 aliphatic carbocycles. The molecule has 0 saturated heterocycles. The van der Waals surface area contributed by atoms with Gasteiger partial charge in [-0.2, -0.15) is 0 Å². The third-order valence-electron chi connectivity index (χ3n) is 10.5. The Bertz CT molecular complexity index is 753. The topological polar surface area (TPSA) is 49.7 Å². The molecule has 0 aromatic rings. The highest BCUT2D eigenvalue weighted by Gasteiger charge is 2.63. The highest BCUT2D eigenvalue weighted by molar-refractivity contribution is 5.30. The molecule has 0 aromatic heterocycles. The van der Waals surface area contributed by atoms with Crippen molar-refractivity contribution < 1.29 is 14.9 Å². The van der Waals surface area contributed by atoms with Crippen molar-refractivity contribution in [1.82, 2.24) is 0 Å². The molecule has 0 amide bonds. The third-order valence-corrected chi connectivity index (χ3v) is 10.5. The summed E-state index contributed by atoms with van der Waals surface area (Å²) in [4.78, 5) is 0. The molecule has 30 heavy (non-hydrogen) atoms. The molecular formula is C27H42O3. The fourth-order valence-corrected chi connectivity index (χ4v) is 8.69. The number of fused-ring (bicyclic) bond motifs is 7. The molecular weight excluding hydrogens is 372 g/mol. The Morgan fingerprint density at radius 2 is 2.00 bits per heavy atom. The van der Waals surface area contributed by atoms with Crippen LogP contribution in [0.2, 0.25) is 0 Å². The van der Waals surface area contributed by atoms with E-state index in [1.165, 1.54) is 43.4 Å². The number of hydrogen-bond acceptors (Lipinski definition) is 3. The van der Waals surface area contributed by atoms with Gasteiger partial charge in [0.15, 0.2) is 0 Å². The van der Waals surface area contributed by atoms with E-state index in [0.29, 0.717) is 28.8 Å². The smallest absolute Gasteiger partial charge is 0.106 e. The molecule has 168 valence electrons. The van der Waals surface area contributed by atoms with Gasteiger partial charge in [-0.3, -0.25) is 0 Å². The van der Waals surface area contributed by atoms with E-state index in [4.69, 9.17) is 4.74 Å². The molecule has 9 atom stereocenters. The van der Waals surface area contributed by atoms with Crippen molar-refractivity contribution >= 4 is 0 Å². The van der Waals surface area contributed by atoms with Crippen LogP contribution in [-0.2, 0) is 4.74 Å². The predicted octanol–water partition coefficient (Wildman–Crippen LogP) is 5.62. The summed E-state index contributed by atoms with van der Waals surface area (Å²) in [6.45, 7) is 9.83. The fourth-order valence-electron chi connectivity index (χ4n) is 8.69. The van der Waals surface area contributed by atoms with E-state index < -0.39 is 0 Å². The molecule has 2 N–H and O–H groups in total. The first kappa shape index (κ1) is 21.1. The minimum absolute atomic E-state index is 0.117. The first-order chi connectivity index (χ1) is 14.3. The summed E-state index contributed by atoms with van der Waals surface area (Å²) in [5.41, 5.74) is 3.78. The van der Waals surface area contributed by atoms with Crippen molar-refractivity contribution in [1.29, 1.82) is 0 Å². The normalized spacial score (nSPS) is 48.3. The van der Waals surface area contributed by atoms with Gasteiger partial charge in [0.2, 0.25) is 0 Å². The second kappa shape index (κ2) is 7.37. The maximum absolute atomic E-state index is 10.2. The molecule has 3 nitrogen and oxygen atoms in total. The molecule has 1 heterocycles. The van der Waals surface area contributed by atoms with Gasteiger partial charge >= 0.3 is 0 Å². The number of rotatable bonds is 4. The van der Waals surface area contributed by atoms with Gasteiger partial charge in [0.05, 0.1) is 11.9 Å². The lowest BCUT2D eigenvalue weighted by molar-refractivity contribution is -0.0454. The van der Waals surface area contributed by atoms with Gasteiger partial charge < -0.3 is 14.9 Å². The largest absolute Gasteiger partial charge is 0.494 e. The van der Waals surface area contributed by atoms with Crippen molar-refractivity contribution in [2.24, 2.45) is 40.4 Å². The molecule has 0 spiro atoms.